The van der Waals surface area contributed by atoms with Crippen molar-refractivity contribution in [2.45, 2.75) is 46.6 Å². The van der Waals surface area contributed by atoms with Gasteiger partial charge in [-0.1, -0.05) is 75.4 Å². The molecule has 1 unspecified atom stereocenters. The van der Waals surface area contributed by atoms with E-state index in [1.54, 1.807) is 5.51 Å². The number of hydrogen-bond donors (Lipinski definition) is 1. The molecular weight excluding hydrogens is 418 g/mol. The fraction of sp³-hybridized carbons (Fsp3) is 0.360. The molecule has 1 N–H and O–H groups in total. The maximum absolute atomic E-state index is 13.3. The number of aromatic nitrogens is 4. The van der Waals surface area contributed by atoms with Crippen molar-refractivity contribution in [3.8, 4) is 0 Å². The Labute approximate surface area is 192 Å². The fourth-order valence-electron chi connectivity index (χ4n) is 4.13. The molecule has 0 aliphatic rings. The van der Waals surface area contributed by atoms with Crippen molar-refractivity contribution >= 4 is 33.3 Å². The van der Waals surface area contributed by atoms with Crippen molar-refractivity contribution in [2.24, 2.45) is 11.3 Å². The number of fused-ring (bicyclic) bond motifs is 1. The molecule has 6 nitrogen and oxygen atoms in total. The molecule has 0 bridgehead atoms. The zero-order chi connectivity index (χ0) is 22.7. The van der Waals surface area contributed by atoms with E-state index < -0.39 is 5.41 Å². The quantitative estimate of drug-likeness (QED) is 0.374. The van der Waals surface area contributed by atoms with Crippen LogP contribution in [0.2, 0.25) is 0 Å². The van der Waals surface area contributed by atoms with Crippen molar-refractivity contribution in [2.75, 3.05) is 5.32 Å². The van der Waals surface area contributed by atoms with Gasteiger partial charge >= 0.3 is 0 Å². The Morgan fingerprint density at radius 3 is 2.59 bits per heavy atom. The Balaban J connectivity index is 1.72. The lowest BCUT2D eigenvalue weighted by atomic mass is 9.70. The lowest BCUT2D eigenvalue weighted by molar-refractivity contribution is -0.124. The van der Waals surface area contributed by atoms with Gasteiger partial charge < -0.3 is 5.32 Å². The van der Waals surface area contributed by atoms with Crippen LogP contribution in [0, 0.1) is 11.3 Å². The molecule has 166 valence electrons. The number of nitrogens with one attached hydrogen (secondary N) is 1. The van der Waals surface area contributed by atoms with Gasteiger partial charge in [0.15, 0.2) is 0 Å². The molecule has 1 amide bonds. The lowest BCUT2D eigenvalue weighted by Gasteiger charge is -2.33. The number of carbonyl (C=O) groups is 1. The Bertz CT molecular complexity index is 1180. The van der Waals surface area contributed by atoms with Crippen LogP contribution in [0.4, 0.5) is 5.13 Å². The second-order valence-electron chi connectivity index (χ2n) is 9.13. The highest BCUT2D eigenvalue weighted by Gasteiger charge is 2.39. The first-order chi connectivity index (χ1) is 15.4. The summed E-state index contributed by atoms with van der Waals surface area (Å²) in [7, 11) is 0. The normalized spacial score (nSPS) is 12.9. The third-order valence-corrected chi connectivity index (χ3v) is 6.54. The monoisotopic (exact) mass is 447 g/mol. The molecule has 0 radical (unpaired) electrons. The van der Waals surface area contributed by atoms with Crippen molar-refractivity contribution in [1.29, 1.82) is 0 Å². The van der Waals surface area contributed by atoms with Crippen LogP contribution < -0.4 is 5.32 Å². The Hall–Kier alpha value is -3.06. The minimum Gasteiger partial charge on any atom is -0.300 e. The van der Waals surface area contributed by atoms with Crippen LogP contribution in [0.5, 0.6) is 0 Å². The zero-order valence-corrected chi connectivity index (χ0v) is 19.8. The lowest BCUT2D eigenvalue weighted by Crippen LogP contribution is -2.37. The highest BCUT2D eigenvalue weighted by Crippen LogP contribution is 2.42. The largest absolute Gasteiger partial charge is 0.300 e. The summed E-state index contributed by atoms with van der Waals surface area (Å²) in [4.78, 5) is 13.3. The van der Waals surface area contributed by atoms with Gasteiger partial charge in [-0.15, -0.1) is 10.2 Å². The van der Waals surface area contributed by atoms with Crippen molar-refractivity contribution in [3.05, 3.63) is 71.4 Å². The van der Waals surface area contributed by atoms with Gasteiger partial charge in [0.05, 0.1) is 17.1 Å². The van der Waals surface area contributed by atoms with Crippen LogP contribution in [-0.2, 0) is 11.3 Å². The Morgan fingerprint density at radius 1 is 1.12 bits per heavy atom. The summed E-state index contributed by atoms with van der Waals surface area (Å²) < 4.78 is 2.07. The first kappa shape index (κ1) is 22.1. The predicted molar refractivity (Wildman–Crippen MR) is 130 cm³/mol. The molecule has 0 saturated carbocycles. The van der Waals surface area contributed by atoms with E-state index in [0.717, 1.165) is 35.0 Å². The number of carbonyl (C=O) groups excluding carboxylic acids is 1. The number of amides is 1. The third-order valence-electron chi connectivity index (χ3n) is 5.94. The molecule has 32 heavy (non-hydrogen) atoms. The number of benzene rings is 2. The topological polar surface area (TPSA) is 72.7 Å². The van der Waals surface area contributed by atoms with E-state index in [0.29, 0.717) is 11.0 Å². The molecule has 0 saturated heterocycles. The minimum atomic E-state index is -0.728. The second kappa shape index (κ2) is 9.20. The first-order valence-corrected chi connectivity index (χ1v) is 11.8. The number of nitrogens with zero attached hydrogens (tertiary/aromatic N) is 4. The first-order valence-electron chi connectivity index (χ1n) is 10.9. The maximum Gasteiger partial charge on any atom is 0.232 e. The summed E-state index contributed by atoms with van der Waals surface area (Å²) >= 11 is 1.32. The van der Waals surface area contributed by atoms with E-state index in [9.17, 15) is 4.79 Å². The zero-order valence-electron chi connectivity index (χ0n) is 18.9. The van der Waals surface area contributed by atoms with Gasteiger partial charge in [-0.3, -0.25) is 9.48 Å². The van der Waals surface area contributed by atoms with E-state index in [1.807, 2.05) is 38.2 Å². The molecule has 2 heterocycles. The highest BCUT2D eigenvalue weighted by atomic mass is 32.1. The van der Waals surface area contributed by atoms with Gasteiger partial charge in [0.25, 0.3) is 0 Å². The van der Waals surface area contributed by atoms with Crippen molar-refractivity contribution < 1.29 is 4.79 Å². The number of aryl methyl sites for hydroxylation is 1. The molecular formula is C25H29N5OS. The fourth-order valence-corrected chi connectivity index (χ4v) is 4.57. The average Bonchev–Trinajstić information content (AvgIpc) is 3.42. The molecule has 4 rings (SSSR count). The standard InChI is InChI=1S/C25H29N5OS/c1-17(2)12-13-30-21-11-10-19(14-20(21)15-27-30)22(18-8-6-5-7-9-18)25(3,4)23(31)28-24-29-26-16-32-24/h5-11,14-17,22H,12-13H2,1-4H3,(H,28,29,31). The third kappa shape index (κ3) is 4.58. The minimum absolute atomic E-state index is 0.0872. The molecule has 0 spiro atoms. The number of anilines is 1. The van der Waals surface area contributed by atoms with Crippen molar-refractivity contribution in [1.82, 2.24) is 20.0 Å². The van der Waals surface area contributed by atoms with E-state index in [-0.39, 0.29) is 11.8 Å². The van der Waals surface area contributed by atoms with Crippen LogP contribution >= 0.6 is 11.3 Å². The van der Waals surface area contributed by atoms with Crippen LogP contribution in [0.1, 0.15) is 51.2 Å². The maximum atomic E-state index is 13.3. The van der Waals surface area contributed by atoms with Crippen molar-refractivity contribution in [3.63, 3.8) is 0 Å². The molecule has 1 atom stereocenters. The highest BCUT2D eigenvalue weighted by molar-refractivity contribution is 7.13. The SMILES string of the molecule is CC(C)CCn1ncc2cc(C(c3ccccc3)C(C)(C)C(=O)Nc3nncs3)ccc21. The number of rotatable bonds is 8. The molecule has 2 aromatic carbocycles. The van der Waals surface area contributed by atoms with Crippen LogP contribution in [0.3, 0.4) is 0 Å². The summed E-state index contributed by atoms with van der Waals surface area (Å²) in [5.74, 6) is 0.402. The smallest absolute Gasteiger partial charge is 0.232 e. The summed E-state index contributed by atoms with van der Waals surface area (Å²) in [6.07, 6.45) is 3.01. The molecule has 7 heteroatoms. The second-order valence-corrected chi connectivity index (χ2v) is 9.97. The van der Waals surface area contributed by atoms with Gasteiger partial charge in [0.2, 0.25) is 11.0 Å². The summed E-state index contributed by atoms with van der Waals surface area (Å²) in [5, 5.41) is 17.0. The van der Waals surface area contributed by atoms with Gasteiger partial charge in [-0.25, -0.2) is 0 Å². The van der Waals surface area contributed by atoms with E-state index in [1.165, 1.54) is 11.3 Å². The number of hydrogen-bond acceptors (Lipinski definition) is 5. The average molecular weight is 448 g/mol. The van der Waals surface area contributed by atoms with Gasteiger partial charge in [-0.2, -0.15) is 5.10 Å². The summed E-state index contributed by atoms with van der Waals surface area (Å²) in [6, 6.07) is 16.6. The van der Waals surface area contributed by atoms with E-state index in [4.69, 9.17) is 0 Å². The molecule has 4 aromatic rings. The molecule has 0 aliphatic heterocycles. The Morgan fingerprint density at radius 2 is 1.91 bits per heavy atom. The van der Waals surface area contributed by atoms with Gasteiger partial charge in [0, 0.05) is 17.8 Å². The van der Waals surface area contributed by atoms with Crippen LogP contribution in [-0.4, -0.2) is 25.9 Å². The van der Waals surface area contributed by atoms with E-state index >= 15 is 0 Å². The molecule has 0 fully saturated rings. The molecule has 0 aliphatic carbocycles. The van der Waals surface area contributed by atoms with Crippen LogP contribution in [0.15, 0.2) is 60.2 Å². The van der Waals surface area contributed by atoms with Crippen LogP contribution in [0.25, 0.3) is 10.9 Å². The summed E-state index contributed by atoms with van der Waals surface area (Å²) in [5.41, 5.74) is 4.19. The summed E-state index contributed by atoms with van der Waals surface area (Å²) in [6.45, 7) is 9.32. The Kier molecular flexibility index (Phi) is 6.37. The molecule has 2 aromatic heterocycles. The van der Waals surface area contributed by atoms with E-state index in [2.05, 4.69) is 69.5 Å². The predicted octanol–water partition coefficient (Wildman–Crippen LogP) is 5.73. The van der Waals surface area contributed by atoms with Gasteiger partial charge in [-0.05, 0) is 35.6 Å². The van der Waals surface area contributed by atoms with Gasteiger partial charge in [0.1, 0.15) is 5.51 Å².